The Morgan fingerprint density at radius 1 is 1.50 bits per heavy atom. The molecule has 3 nitrogen and oxygen atoms in total. The van der Waals surface area contributed by atoms with E-state index in [1.54, 1.807) is 0 Å². The molecule has 1 aliphatic carbocycles. The highest BCUT2D eigenvalue weighted by atomic mass is 32.1. The van der Waals surface area contributed by atoms with Crippen molar-refractivity contribution < 1.29 is 9.90 Å². The van der Waals surface area contributed by atoms with E-state index in [0.29, 0.717) is 12.5 Å². The van der Waals surface area contributed by atoms with Gasteiger partial charge in [-0.3, -0.25) is 4.79 Å². The average Bonchev–Trinajstić information content (AvgIpc) is 2.97. The Morgan fingerprint density at radius 3 is 2.72 bits per heavy atom. The summed E-state index contributed by atoms with van der Waals surface area (Å²) in [7, 11) is 0. The summed E-state index contributed by atoms with van der Waals surface area (Å²) in [5.74, 6) is 0.311. The third-order valence-corrected chi connectivity index (χ3v) is 4.96. The van der Waals surface area contributed by atoms with Crippen molar-refractivity contribution in [1.29, 1.82) is 0 Å². The molecule has 4 heteroatoms. The van der Waals surface area contributed by atoms with E-state index >= 15 is 0 Å². The molecule has 2 rings (SSSR count). The molecule has 1 saturated carbocycles. The zero-order valence-corrected chi connectivity index (χ0v) is 11.8. The van der Waals surface area contributed by atoms with Crippen LogP contribution in [0.15, 0.2) is 6.07 Å². The number of carbonyl (C=O) groups excluding carboxylic acids is 1. The van der Waals surface area contributed by atoms with Crippen molar-refractivity contribution in [3.8, 4) is 0 Å². The molecule has 0 saturated heterocycles. The second kappa shape index (κ2) is 5.85. The Kier molecular flexibility index (Phi) is 4.40. The second-order valence-corrected chi connectivity index (χ2v) is 6.43. The van der Waals surface area contributed by atoms with Crippen molar-refractivity contribution in [2.45, 2.75) is 45.6 Å². The predicted octanol–water partition coefficient (Wildman–Crippen LogP) is 2.65. The molecule has 18 heavy (non-hydrogen) atoms. The standard InChI is InChI=1S/C14H21NO2S/c1-9-7-13(18-10(9)2)14(17)15-8-12(16)11-5-3-4-6-11/h7,11-12,16H,3-6,8H2,1-2H3,(H,15,17). The lowest BCUT2D eigenvalue weighted by Crippen LogP contribution is -2.35. The van der Waals surface area contributed by atoms with Crippen LogP contribution >= 0.6 is 11.3 Å². The maximum Gasteiger partial charge on any atom is 0.261 e. The largest absolute Gasteiger partial charge is 0.391 e. The first-order valence-electron chi connectivity index (χ1n) is 6.61. The number of aryl methyl sites for hydroxylation is 2. The van der Waals surface area contributed by atoms with Gasteiger partial charge in [0.1, 0.15) is 0 Å². The summed E-state index contributed by atoms with van der Waals surface area (Å²) in [6, 6.07) is 1.91. The van der Waals surface area contributed by atoms with Crippen molar-refractivity contribution in [2.24, 2.45) is 5.92 Å². The molecule has 0 radical (unpaired) electrons. The van der Waals surface area contributed by atoms with Crippen LogP contribution in [0.1, 0.15) is 45.8 Å². The summed E-state index contributed by atoms with van der Waals surface area (Å²) < 4.78 is 0. The number of thiophene rings is 1. The van der Waals surface area contributed by atoms with E-state index < -0.39 is 6.10 Å². The number of hydrogen-bond acceptors (Lipinski definition) is 3. The number of amides is 1. The van der Waals surface area contributed by atoms with Crippen LogP contribution in [0.25, 0.3) is 0 Å². The molecule has 1 unspecified atom stereocenters. The van der Waals surface area contributed by atoms with Gasteiger partial charge < -0.3 is 10.4 Å². The molecule has 1 atom stereocenters. The predicted molar refractivity (Wildman–Crippen MR) is 74.1 cm³/mol. The molecule has 0 aliphatic heterocycles. The Hall–Kier alpha value is -0.870. The van der Waals surface area contributed by atoms with Crippen molar-refractivity contribution in [3.63, 3.8) is 0 Å². The van der Waals surface area contributed by atoms with Gasteiger partial charge >= 0.3 is 0 Å². The maximum absolute atomic E-state index is 11.9. The van der Waals surface area contributed by atoms with Crippen LogP contribution in [-0.4, -0.2) is 23.7 Å². The molecule has 1 aromatic heterocycles. The fourth-order valence-corrected chi connectivity index (χ4v) is 3.43. The smallest absolute Gasteiger partial charge is 0.261 e. The van der Waals surface area contributed by atoms with Crippen LogP contribution in [0.3, 0.4) is 0 Å². The van der Waals surface area contributed by atoms with E-state index in [-0.39, 0.29) is 5.91 Å². The van der Waals surface area contributed by atoms with Crippen LogP contribution in [-0.2, 0) is 0 Å². The van der Waals surface area contributed by atoms with E-state index in [2.05, 4.69) is 5.32 Å². The average molecular weight is 267 g/mol. The highest BCUT2D eigenvalue weighted by Crippen LogP contribution is 2.27. The van der Waals surface area contributed by atoms with Crippen molar-refractivity contribution >= 4 is 17.2 Å². The van der Waals surface area contributed by atoms with E-state index in [0.717, 1.165) is 23.3 Å². The fourth-order valence-electron chi connectivity index (χ4n) is 2.48. The van der Waals surface area contributed by atoms with E-state index in [1.165, 1.54) is 29.1 Å². The van der Waals surface area contributed by atoms with E-state index in [9.17, 15) is 9.90 Å². The number of rotatable bonds is 4. The molecular weight excluding hydrogens is 246 g/mol. The first-order valence-corrected chi connectivity index (χ1v) is 7.43. The Morgan fingerprint density at radius 2 is 2.17 bits per heavy atom. The number of aliphatic hydroxyl groups is 1. The molecule has 0 bridgehead atoms. The minimum atomic E-state index is -0.390. The topological polar surface area (TPSA) is 49.3 Å². The van der Waals surface area contributed by atoms with Crippen molar-refractivity contribution in [2.75, 3.05) is 6.54 Å². The normalized spacial score (nSPS) is 17.9. The van der Waals surface area contributed by atoms with Crippen LogP contribution in [0, 0.1) is 19.8 Å². The van der Waals surface area contributed by atoms with Crippen molar-refractivity contribution in [1.82, 2.24) is 5.32 Å². The summed E-state index contributed by atoms with van der Waals surface area (Å²) in [4.78, 5) is 13.8. The lowest BCUT2D eigenvalue weighted by Gasteiger charge is -2.17. The highest BCUT2D eigenvalue weighted by molar-refractivity contribution is 7.14. The van der Waals surface area contributed by atoms with Gasteiger partial charge in [0, 0.05) is 11.4 Å². The number of hydrogen-bond donors (Lipinski definition) is 2. The van der Waals surface area contributed by atoms with Gasteiger partial charge in [-0.05, 0) is 44.2 Å². The Labute approximate surface area is 112 Å². The SMILES string of the molecule is Cc1cc(C(=O)NCC(O)C2CCCC2)sc1C. The third kappa shape index (κ3) is 3.12. The molecule has 0 spiro atoms. The minimum absolute atomic E-state index is 0.0618. The molecule has 1 heterocycles. The zero-order chi connectivity index (χ0) is 13.1. The summed E-state index contributed by atoms with van der Waals surface area (Å²) in [6.07, 6.45) is 4.21. The summed E-state index contributed by atoms with van der Waals surface area (Å²) in [5, 5.41) is 12.8. The molecule has 1 amide bonds. The van der Waals surface area contributed by atoms with E-state index in [4.69, 9.17) is 0 Å². The first-order chi connectivity index (χ1) is 8.58. The molecule has 0 aromatic carbocycles. The first kappa shape index (κ1) is 13.6. The summed E-state index contributed by atoms with van der Waals surface area (Å²) in [6.45, 7) is 4.40. The Balaban J connectivity index is 1.84. The van der Waals surface area contributed by atoms with Gasteiger partial charge in [-0.25, -0.2) is 0 Å². The quantitative estimate of drug-likeness (QED) is 0.881. The van der Waals surface area contributed by atoms with Gasteiger partial charge in [-0.2, -0.15) is 0 Å². The van der Waals surface area contributed by atoms with Gasteiger partial charge in [0.15, 0.2) is 0 Å². The van der Waals surface area contributed by atoms with Gasteiger partial charge in [-0.1, -0.05) is 12.8 Å². The lowest BCUT2D eigenvalue weighted by molar-refractivity contribution is 0.0844. The minimum Gasteiger partial charge on any atom is -0.391 e. The van der Waals surface area contributed by atoms with E-state index in [1.807, 2.05) is 19.9 Å². The van der Waals surface area contributed by atoms with Gasteiger partial charge in [0.25, 0.3) is 5.91 Å². The number of aliphatic hydroxyl groups excluding tert-OH is 1. The Bertz CT molecular complexity index is 402. The third-order valence-electron chi connectivity index (χ3n) is 3.81. The monoisotopic (exact) mass is 267 g/mol. The number of nitrogens with one attached hydrogen (secondary N) is 1. The number of carbonyl (C=O) groups is 1. The van der Waals surface area contributed by atoms with Crippen LogP contribution < -0.4 is 5.32 Å². The second-order valence-electron chi connectivity index (χ2n) is 5.17. The molecule has 100 valence electrons. The molecule has 1 aliphatic rings. The zero-order valence-electron chi connectivity index (χ0n) is 11.0. The van der Waals surface area contributed by atoms with Gasteiger partial charge in [0.05, 0.1) is 11.0 Å². The van der Waals surface area contributed by atoms with Crippen molar-refractivity contribution in [3.05, 3.63) is 21.4 Å². The molecule has 1 aromatic rings. The molecular formula is C14H21NO2S. The molecule has 1 fully saturated rings. The fraction of sp³-hybridized carbons (Fsp3) is 0.643. The summed E-state index contributed by atoms with van der Waals surface area (Å²) >= 11 is 1.51. The van der Waals surface area contributed by atoms with Crippen LogP contribution in [0.4, 0.5) is 0 Å². The van der Waals surface area contributed by atoms with Crippen LogP contribution in [0.5, 0.6) is 0 Å². The highest BCUT2D eigenvalue weighted by Gasteiger charge is 2.23. The van der Waals surface area contributed by atoms with Gasteiger partial charge in [0.2, 0.25) is 0 Å². The summed E-state index contributed by atoms with van der Waals surface area (Å²) in [5.41, 5.74) is 1.15. The molecule has 2 N–H and O–H groups in total. The van der Waals surface area contributed by atoms with Gasteiger partial charge in [-0.15, -0.1) is 11.3 Å². The lowest BCUT2D eigenvalue weighted by atomic mass is 10.0. The maximum atomic E-state index is 11.9. The van der Waals surface area contributed by atoms with Crippen LogP contribution in [0.2, 0.25) is 0 Å².